The lowest BCUT2D eigenvalue weighted by molar-refractivity contribution is 0.599. The minimum absolute atomic E-state index is 0. The number of sulfone groups is 1. The number of aromatic amines is 1. The molecule has 0 bridgehead atoms. The van der Waals surface area contributed by atoms with Crippen LogP contribution in [0.15, 0.2) is 40.6 Å². The Labute approximate surface area is 134 Å². The first-order valence-electron chi connectivity index (χ1n) is 6.76. The Balaban J connectivity index is 0.00000208. The van der Waals surface area contributed by atoms with Crippen LogP contribution in [0.4, 0.5) is 5.82 Å². The van der Waals surface area contributed by atoms with E-state index in [-0.39, 0.29) is 18.6 Å². The Morgan fingerprint density at radius 3 is 3.09 bits per heavy atom. The maximum absolute atomic E-state index is 12.4. The summed E-state index contributed by atoms with van der Waals surface area (Å²) in [5.41, 5.74) is 1.55. The van der Waals surface area contributed by atoms with Crippen LogP contribution in [-0.2, 0) is 9.84 Å². The van der Waals surface area contributed by atoms with Gasteiger partial charge in [0.25, 0.3) is 0 Å². The summed E-state index contributed by atoms with van der Waals surface area (Å²) in [6, 6.07) is 0. The Kier molecular flexibility index (Phi) is 3.82. The average molecular weight is 335 g/mol. The molecule has 1 aliphatic heterocycles. The zero-order valence-corrected chi connectivity index (χ0v) is 13.2. The molecule has 0 atom stereocenters. The molecule has 10 heteroatoms. The number of aromatic nitrogens is 4. The highest BCUT2D eigenvalue weighted by molar-refractivity contribution is 7.95. The maximum atomic E-state index is 12.4. The van der Waals surface area contributed by atoms with Crippen LogP contribution in [0.1, 0.15) is 1.43 Å². The molecule has 0 saturated carbocycles. The number of rotatable bonds is 4. The van der Waals surface area contributed by atoms with E-state index < -0.39 is 9.84 Å². The Morgan fingerprint density at radius 1 is 1.52 bits per heavy atom. The maximum Gasteiger partial charge on any atom is 0.183 e. The van der Waals surface area contributed by atoms with Crippen LogP contribution in [0, 0.1) is 0 Å². The number of H-pyrrole nitrogens is 1. The van der Waals surface area contributed by atoms with Gasteiger partial charge in [0.15, 0.2) is 21.3 Å². The van der Waals surface area contributed by atoms with E-state index in [0.717, 1.165) is 0 Å². The number of likely N-dealkylation sites (N-methyl/N-ethyl adjacent to an activating group) is 1. The lowest BCUT2D eigenvalue weighted by atomic mass is 10.3. The standard InChI is InChI=1S/C13H15N7O2S.H2/c1-14-5-9(15-2)10-6-20(3-4-23(10,21)22)13-11-12(17-7-16-11)18-8-19-13;/h5-8,15H,1,3-4H2,2H3,(H,16,17,18,19);1H/b9-5-;. The molecule has 0 spiro atoms. The predicted octanol–water partition coefficient (Wildman–Crippen LogP) is 0.437. The van der Waals surface area contributed by atoms with Crippen molar-refractivity contribution in [1.82, 2.24) is 25.3 Å². The van der Waals surface area contributed by atoms with E-state index in [1.54, 1.807) is 11.9 Å². The first-order valence-corrected chi connectivity index (χ1v) is 8.41. The van der Waals surface area contributed by atoms with Crippen LogP contribution in [0.3, 0.4) is 0 Å². The molecule has 3 rings (SSSR count). The molecule has 23 heavy (non-hydrogen) atoms. The van der Waals surface area contributed by atoms with Crippen molar-refractivity contribution >= 4 is 33.5 Å². The second-order valence-electron chi connectivity index (χ2n) is 4.78. The summed E-state index contributed by atoms with van der Waals surface area (Å²) in [6.07, 6.45) is 5.83. The monoisotopic (exact) mass is 335 g/mol. The van der Waals surface area contributed by atoms with E-state index in [2.05, 4.69) is 37.0 Å². The summed E-state index contributed by atoms with van der Waals surface area (Å²) >= 11 is 0. The van der Waals surface area contributed by atoms with E-state index in [1.165, 1.54) is 25.1 Å². The summed E-state index contributed by atoms with van der Waals surface area (Å²) in [7, 11) is -1.78. The molecule has 0 aromatic carbocycles. The number of imidazole rings is 1. The van der Waals surface area contributed by atoms with Crippen molar-refractivity contribution in [2.45, 2.75) is 0 Å². The third kappa shape index (κ3) is 2.68. The molecule has 3 heterocycles. The molecule has 0 radical (unpaired) electrons. The van der Waals surface area contributed by atoms with Crippen molar-refractivity contribution in [1.29, 1.82) is 0 Å². The molecule has 1 aliphatic rings. The number of anilines is 1. The van der Waals surface area contributed by atoms with Gasteiger partial charge in [-0.1, -0.05) is 0 Å². The van der Waals surface area contributed by atoms with Crippen LogP contribution in [0.2, 0.25) is 0 Å². The van der Waals surface area contributed by atoms with Gasteiger partial charge in [-0.05, 0) is 6.72 Å². The van der Waals surface area contributed by atoms with Gasteiger partial charge >= 0.3 is 0 Å². The summed E-state index contributed by atoms with van der Waals surface area (Å²) < 4.78 is 24.7. The highest BCUT2D eigenvalue weighted by Crippen LogP contribution is 2.27. The summed E-state index contributed by atoms with van der Waals surface area (Å²) in [5, 5.41) is 2.83. The molecule has 2 aromatic heterocycles. The van der Waals surface area contributed by atoms with Crippen molar-refractivity contribution in [3.8, 4) is 0 Å². The van der Waals surface area contributed by atoms with Gasteiger partial charge in [0.05, 0.1) is 24.0 Å². The van der Waals surface area contributed by atoms with Gasteiger partial charge in [0, 0.05) is 21.2 Å². The number of nitrogens with one attached hydrogen (secondary N) is 2. The minimum Gasteiger partial charge on any atom is -0.386 e. The van der Waals surface area contributed by atoms with Crippen LogP contribution in [0.25, 0.3) is 11.2 Å². The van der Waals surface area contributed by atoms with E-state index in [1.807, 2.05) is 0 Å². The van der Waals surface area contributed by atoms with Crippen molar-refractivity contribution in [2.24, 2.45) is 4.99 Å². The molecular weight excluding hydrogens is 318 g/mol. The fraction of sp³-hybridized carbons (Fsp3) is 0.231. The second kappa shape index (κ2) is 5.80. The highest BCUT2D eigenvalue weighted by Gasteiger charge is 2.29. The molecule has 0 aliphatic carbocycles. The molecule has 9 nitrogen and oxygen atoms in total. The van der Waals surface area contributed by atoms with Gasteiger partial charge in [0.2, 0.25) is 0 Å². The summed E-state index contributed by atoms with van der Waals surface area (Å²) in [4.78, 5) is 20.9. The highest BCUT2D eigenvalue weighted by atomic mass is 32.2. The zero-order chi connectivity index (χ0) is 16.4. The van der Waals surface area contributed by atoms with Gasteiger partial charge in [-0.15, -0.1) is 0 Å². The third-order valence-electron chi connectivity index (χ3n) is 3.44. The van der Waals surface area contributed by atoms with E-state index >= 15 is 0 Å². The molecule has 0 unspecified atom stereocenters. The van der Waals surface area contributed by atoms with Crippen molar-refractivity contribution in [2.75, 3.05) is 24.2 Å². The fourth-order valence-electron chi connectivity index (χ4n) is 2.33. The lowest BCUT2D eigenvalue weighted by Gasteiger charge is -2.26. The number of hydrogen-bond donors (Lipinski definition) is 2. The van der Waals surface area contributed by atoms with Gasteiger partial charge < -0.3 is 15.2 Å². The Bertz CT molecular complexity index is 919. The topological polar surface area (TPSA) is 116 Å². The SMILES string of the molecule is C=N/C=C(\NC)C1=CN(c2ncnc3nc[nH]c23)CCS1(=O)=O.[HH]. The first kappa shape index (κ1) is 15.2. The third-order valence-corrected chi connectivity index (χ3v) is 5.15. The number of nitrogens with zero attached hydrogens (tertiary/aromatic N) is 5. The molecule has 122 valence electrons. The molecule has 2 aromatic rings. The summed E-state index contributed by atoms with van der Waals surface area (Å²) in [6.45, 7) is 3.65. The number of fused-ring (bicyclic) bond motifs is 1. The van der Waals surface area contributed by atoms with Crippen LogP contribution in [-0.4, -0.2) is 54.4 Å². The summed E-state index contributed by atoms with van der Waals surface area (Å²) in [5.74, 6) is 0.538. The van der Waals surface area contributed by atoms with Crippen molar-refractivity contribution < 1.29 is 9.84 Å². The van der Waals surface area contributed by atoms with E-state index in [9.17, 15) is 8.42 Å². The average Bonchev–Trinajstić information content (AvgIpc) is 3.01. The van der Waals surface area contributed by atoms with Crippen LogP contribution in [0.5, 0.6) is 0 Å². The molecular formula is C13H17N7O2S. The second-order valence-corrected chi connectivity index (χ2v) is 6.86. The predicted molar refractivity (Wildman–Crippen MR) is 89.7 cm³/mol. The van der Waals surface area contributed by atoms with Gasteiger partial charge in [-0.3, -0.25) is 4.99 Å². The lowest BCUT2D eigenvalue weighted by Crippen LogP contribution is -2.34. The normalized spacial score (nSPS) is 17.9. The first-order chi connectivity index (χ1) is 11.1. The Morgan fingerprint density at radius 2 is 2.35 bits per heavy atom. The van der Waals surface area contributed by atoms with Gasteiger partial charge in [-0.2, -0.15) is 0 Å². The van der Waals surface area contributed by atoms with E-state index in [0.29, 0.717) is 22.7 Å². The molecule has 2 N–H and O–H groups in total. The quantitative estimate of drug-likeness (QED) is 0.779. The number of hydrogen-bond acceptors (Lipinski definition) is 8. The molecule has 0 amide bonds. The smallest absolute Gasteiger partial charge is 0.183 e. The minimum atomic E-state index is -3.41. The zero-order valence-electron chi connectivity index (χ0n) is 12.4. The van der Waals surface area contributed by atoms with Crippen molar-refractivity contribution in [3.63, 3.8) is 0 Å². The van der Waals surface area contributed by atoms with Crippen molar-refractivity contribution in [3.05, 3.63) is 35.7 Å². The Hall–Kier alpha value is -2.75. The van der Waals surface area contributed by atoms with Crippen LogP contribution < -0.4 is 10.2 Å². The van der Waals surface area contributed by atoms with Gasteiger partial charge in [-0.25, -0.2) is 23.4 Å². The fourth-order valence-corrected chi connectivity index (χ4v) is 3.77. The van der Waals surface area contributed by atoms with Crippen LogP contribution >= 0.6 is 0 Å². The molecule has 0 fully saturated rings. The molecule has 0 saturated heterocycles. The van der Waals surface area contributed by atoms with Gasteiger partial charge in [0.1, 0.15) is 16.7 Å². The number of aliphatic imine (C=N–C) groups is 1. The van der Waals surface area contributed by atoms with E-state index in [4.69, 9.17) is 0 Å². The largest absolute Gasteiger partial charge is 0.386 e.